The highest BCUT2D eigenvalue weighted by Crippen LogP contribution is 2.19. The minimum Gasteiger partial charge on any atom is -0.497 e. The highest BCUT2D eigenvalue weighted by atomic mass is 16.5. The maximum absolute atomic E-state index is 9.55. The lowest BCUT2D eigenvalue weighted by atomic mass is 10.1. The summed E-state index contributed by atoms with van der Waals surface area (Å²) in [6.45, 7) is 6.96. The van der Waals surface area contributed by atoms with Crippen LogP contribution in [0.25, 0.3) is 0 Å². The molecule has 3 aromatic rings. The van der Waals surface area contributed by atoms with Gasteiger partial charge >= 0.3 is 11.9 Å². The smallest absolute Gasteiger partial charge is 0.328 e. The first-order chi connectivity index (χ1) is 19.3. The van der Waals surface area contributed by atoms with Gasteiger partial charge in [0.1, 0.15) is 5.75 Å². The Labute approximate surface area is 234 Å². The first-order valence-corrected chi connectivity index (χ1v) is 12.8. The maximum atomic E-state index is 9.55. The van der Waals surface area contributed by atoms with Crippen LogP contribution >= 0.6 is 0 Å². The number of amidine groups is 1. The zero-order valence-corrected chi connectivity index (χ0v) is 22.7. The Morgan fingerprint density at radius 3 is 2.05 bits per heavy atom. The number of hydrogen-bond acceptors (Lipinski definition) is 5. The molecule has 0 atom stereocenters. The van der Waals surface area contributed by atoms with E-state index >= 15 is 0 Å². The number of hydrogen-bond donors (Lipinski definition) is 2. The fourth-order valence-electron chi connectivity index (χ4n) is 3.90. The Hall–Kier alpha value is -4.87. The molecule has 1 aliphatic heterocycles. The van der Waals surface area contributed by atoms with Crippen molar-refractivity contribution in [2.75, 3.05) is 33.3 Å². The van der Waals surface area contributed by atoms with Gasteiger partial charge in [0.15, 0.2) is 5.84 Å². The van der Waals surface area contributed by atoms with E-state index in [1.807, 2.05) is 54.6 Å². The average Bonchev–Trinajstić information content (AvgIpc) is 2.97. The molecule has 206 valence electrons. The van der Waals surface area contributed by atoms with E-state index in [2.05, 4.69) is 52.8 Å². The van der Waals surface area contributed by atoms with Crippen LogP contribution in [-0.4, -0.2) is 71.1 Å². The van der Waals surface area contributed by atoms with Gasteiger partial charge in [-0.15, -0.1) is 0 Å². The highest BCUT2D eigenvalue weighted by Gasteiger charge is 2.19. The van der Waals surface area contributed by atoms with E-state index in [0.29, 0.717) is 12.2 Å². The summed E-state index contributed by atoms with van der Waals surface area (Å²) in [6, 6.07) is 26.5. The molecule has 8 heteroatoms. The Bertz CT molecular complexity index is 1370. The number of piperazine rings is 1. The van der Waals surface area contributed by atoms with E-state index in [4.69, 9.17) is 19.9 Å². The van der Waals surface area contributed by atoms with Crippen LogP contribution in [0.4, 0.5) is 5.69 Å². The molecule has 1 fully saturated rings. The number of aryl methyl sites for hydroxylation is 1. The van der Waals surface area contributed by atoms with Gasteiger partial charge in [0.2, 0.25) is 0 Å². The molecule has 0 unspecified atom stereocenters. The third-order valence-corrected chi connectivity index (χ3v) is 6.10. The van der Waals surface area contributed by atoms with E-state index in [1.165, 1.54) is 11.1 Å². The molecule has 0 bridgehead atoms. The van der Waals surface area contributed by atoms with Gasteiger partial charge in [-0.25, -0.2) is 14.6 Å². The maximum Gasteiger partial charge on any atom is 0.328 e. The van der Waals surface area contributed by atoms with E-state index in [1.54, 1.807) is 7.11 Å². The molecule has 0 amide bonds. The number of carboxylic acid groups (broad SMARTS) is 2. The SMILES string of the molecule is COc1ccc(N=C(C#Cc2ccccc2)N2CCN(Cc3ccccc3C)CC2)cc1.O=C(O)C=CC(=O)O. The summed E-state index contributed by atoms with van der Waals surface area (Å²) in [6.07, 6.45) is 1.12. The number of methoxy groups -OCH3 is 1. The van der Waals surface area contributed by atoms with Crippen molar-refractivity contribution in [3.63, 3.8) is 0 Å². The number of rotatable bonds is 6. The number of aliphatic carboxylic acids is 2. The summed E-state index contributed by atoms with van der Waals surface area (Å²) in [5.74, 6) is 5.74. The molecule has 0 spiro atoms. The number of carbonyl (C=O) groups is 2. The van der Waals surface area contributed by atoms with Gasteiger partial charge in [0.05, 0.1) is 12.8 Å². The molecule has 4 rings (SSSR count). The quantitative estimate of drug-likeness (QED) is 0.204. The minimum absolute atomic E-state index is 0.558. The standard InChI is InChI=1S/C28H29N3O.C4H4O4/c1-23-8-6-7-11-25(23)22-30-18-20-31(21-19-30)28(17-12-24-9-4-3-5-10-24)29-26-13-15-27(32-2)16-14-26;5-3(6)1-2-4(7)8/h3-11,13-16H,18-22H2,1-2H3;1-2H,(H,5,6)(H,7,8). The third kappa shape index (κ3) is 10.1. The van der Waals surface area contributed by atoms with Crippen LogP contribution in [0.3, 0.4) is 0 Å². The first-order valence-electron chi connectivity index (χ1n) is 12.8. The molecular weight excluding hydrogens is 506 g/mol. The zero-order valence-electron chi connectivity index (χ0n) is 22.7. The van der Waals surface area contributed by atoms with Crippen LogP contribution in [0.2, 0.25) is 0 Å². The average molecular weight is 540 g/mol. The monoisotopic (exact) mass is 539 g/mol. The molecule has 40 heavy (non-hydrogen) atoms. The number of ether oxygens (including phenoxy) is 1. The molecule has 0 saturated carbocycles. The third-order valence-electron chi connectivity index (χ3n) is 6.10. The lowest BCUT2D eigenvalue weighted by molar-refractivity contribution is -0.134. The number of carboxylic acids is 2. The van der Waals surface area contributed by atoms with Crippen molar-refractivity contribution in [1.82, 2.24) is 9.80 Å². The number of benzene rings is 3. The fourth-order valence-corrected chi connectivity index (χ4v) is 3.90. The van der Waals surface area contributed by atoms with Crippen LogP contribution in [0.15, 0.2) is 96.0 Å². The normalized spacial score (nSPS) is 13.6. The summed E-state index contributed by atoms with van der Waals surface area (Å²) in [7, 11) is 1.67. The van der Waals surface area contributed by atoms with Gasteiger partial charge in [0, 0.05) is 50.4 Å². The summed E-state index contributed by atoms with van der Waals surface area (Å²) < 4.78 is 5.27. The fraction of sp³-hybridized carbons (Fsp3) is 0.219. The number of aliphatic imine (C=N–C) groups is 1. The predicted molar refractivity (Wildman–Crippen MR) is 156 cm³/mol. The van der Waals surface area contributed by atoms with Crippen molar-refractivity contribution >= 4 is 23.5 Å². The largest absolute Gasteiger partial charge is 0.497 e. The number of nitrogens with zero attached hydrogens (tertiary/aromatic N) is 3. The van der Waals surface area contributed by atoms with Gasteiger partial charge < -0.3 is 19.8 Å². The molecule has 3 aromatic carbocycles. The molecule has 2 N–H and O–H groups in total. The van der Waals surface area contributed by atoms with E-state index < -0.39 is 11.9 Å². The molecule has 1 heterocycles. The van der Waals surface area contributed by atoms with Gasteiger partial charge in [-0.1, -0.05) is 48.4 Å². The summed E-state index contributed by atoms with van der Waals surface area (Å²) in [5.41, 5.74) is 4.63. The van der Waals surface area contributed by atoms with Gasteiger partial charge in [-0.3, -0.25) is 4.90 Å². The lowest BCUT2D eigenvalue weighted by Gasteiger charge is -2.35. The van der Waals surface area contributed by atoms with Crippen LogP contribution in [0.1, 0.15) is 16.7 Å². The van der Waals surface area contributed by atoms with Crippen LogP contribution in [-0.2, 0) is 16.1 Å². The highest BCUT2D eigenvalue weighted by molar-refractivity contribution is 6.00. The Kier molecular flexibility index (Phi) is 11.5. The molecule has 1 aliphatic rings. The second-order valence-electron chi connectivity index (χ2n) is 8.95. The van der Waals surface area contributed by atoms with Crippen molar-refractivity contribution in [1.29, 1.82) is 0 Å². The van der Waals surface area contributed by atoms with E-state index in [9.17, 15) is 9.59 Å². The molecule has 0 radical (unpaired) electrons. The van der Waals surface area contributed by atoms with Gasteiger partial charge in [-0.2, -0.15) is 0 Å². The molecule has 1 saturated heterocycles. The summed E-state index contributed by atoms with van der Waals surface area (Å²) in [5, 5.41) is 15.6. The first kappa shape index (κ1) is 29.7. The molecule has 0 aliphatic carbocycles. The Morgan fingerprint density at radius 2 is 1.48 bits per heavy atom. The molecule has 0 aromatic heterocycles. The lowest BCUT2D eigenvalue weighted by Crippen LogP contribution is -2.48. The summed E-state index contributed by atoms with van der Waals surface area (Å²) >= 11 is 0. The predicted octanol–water partition coefficient (Wildman–Crippen LogP) is 4.61. The van der Waals surface area contributed by atoms with Crippen molar-refractivity contribution < 1.29 is 24.5 Å². The Balaban J connectivity index is 0.000000482. The van der Waals surface area contributed by atoms with Crippen LogP contribution in [0.5, 0.6) is 5.75 Å². The zero-order chi connectivity index (χ0) is 28.7. The van der Waals surface area contributed by atoms with Gasteiger partial charge in [0.25, 0.3) is 0 Å². The second-order valence-corrected chi connectivity index (χ2v) is 8.95. The van der Waals surface area contributed by atoms with E-state index in [0.717, 1.165) is 55.6 Å². The molecular formula is C32H33N3O5. The second kappa shape index (κ2) is 15.5. The summed E-state index contributed by atoms with van der Waals surface area (Å²) in [4.78, 5) is 28.8. The van der Waals surface area contributed by atoms with Gasteiger partial charge in [-0.05, 0) is 60.4 Å². The van der Waals surface area contributed by atoms with Crippen LogP contribution < -0.4 is 4.74 Å². The van der Waals surface area contributed by atoms with Crippen LogP contribution in [0, 0.1) is 18.8 Å². The van der Waals surface area contributed by atoms with Crippen molar-refractivity contribution in [3.8, 4) is 17.6 Å². The van der Waals surface area contributed by atoms with Crippen molar-refractivity contribution in [3.05, 3.63) is 108 Å². The minimum atomic E-state index is -1.26. The van der Waals surface area contributed by atoms with Crippen molar-refractivity contribution in [2.24, 2.45) is 4.99 Å². The van der Waals surface area contributed by atoms with E-state index in [-0.39, 0.29) is 0 Å². The van der Waals surface area contributed by atoms with Crippen molar-refractivity contribution in [2.45, 2.75) is 13.5 Å². The topological polar surface area (TPSA) is 103 Å². The Morgan fingerprint density at radius 1 is 0.875 bits per heavy atom. The molecule has 8 nitrogen and oxygen atoms in total.